The maximum Gasteiger partial charge on any atom is 0.319 e. The number of urea groups is 1. The Morgan fingerprint density at radius 3 is 2.80 bits per heavy atom. The smallest absolute Gasteiger partial charge is 0.319 e. The van der Waals surface area contributed by atoms with Gasteiger partial charge >= 0.3 is 6.03 Å². The summed E-state index contributed by atoms with van der Waals surface area (Å²) in [7, 11) is 1.68. The molecule has 1 aromatic heterocycles. The van der Waals surface area contributed by atoms with Gasteiger partial charge in [0.25, 0.3) is 0 Å². The van der Waals surface area contributed by atoms with Crippen LogP contribution in [0.4, 0.5) is 10.5 Å². The third-order valence-electron chi connectivity index (χ3n) is 4.14. The van der Waals surface area contributed by atoms with Gasteiger partial charge in [-0.15, -0.1) is 0 Å². The Bertz CT molecular complexity index is 707. The van der Waals surface area contributed by atoms with E-state index in [4.69, 9.17) is 4.74 Å². The molecule has 2 rings (SSSR count). The van der Waals surface area contributed by atoms with Crippen molar-refractivity contribution in [3.8, 4) is 0 Å². The SMILES string of the molecule is COCCn1ccc2ccc(NC(=O)NCC(C)(C)CC(C)O)cc21. The summed E-state index contributed by atoms with van der Waals surface area (Å²) in [6.45, 7) is 7.71. The van der Waals surface area contributed by atoms with Crippen LogP contribution < -0.4 is 10.6 Å². The van der Waals surface area contributed by atoms with Crippen LogP contribution in [0.15, 0.2) is 30.5 Å². The number of ether oxygens (including phenoxy) is 1. The van der Waals surface area contributed by atoms with Crippen molar-refractivity contribution in [2.75, 3.05) is 25.6 Å². The number of hydrogen-bond acceptors (Lipinski definition) is 3. The number of nitrogens with one attached hydrogen (secondary N) is 2. The Hall–Kier alpha value is -2.05. The van der Waals surface area contributed by atoms with Gasteiger partial charge in [0.2, 0.25) is 0 Å². The van der Waals surface area contributed by atoms with Crippen LogP contribution in [-0.2, 0) is 11.3 Å². The van der Waals surface area contributed by atoms with E-state index in [-0.39, 0.29) is 17.6 Å². The first-order valence-corrected chi connectivity index (χ1v) is 8.61. The van der Waals surface area contributed by atoms with Crippen molar-refractivity contribution in [1.82, 2.24) is 9.88 Å². The largest absolute Gasteiger partial charge is 0.393 e. The van der Waals surface area contributed by atoms with Crippen molar-refractivity contribution in [1.29, 1.82) is 0 Å². The average molecular weight is 347 g/mol. The molecular weight excluding hydrogens is 318 g/mol. The van der Waals surface area contributed by atoms with Crippen molar-refractivity contribution in [3.05, 3.63) is 30.5 Å². The molecule has 2 amide bonds. The lowest BCUT2D eigenvalue weighted by atomic mass is 9.87. The molecule has 0 radical (unpaired) electrons. The predicted octanol–water partition coefficient (Wildman–Crippen LogP) is 3.21. The van der Waals surface area contributed by atoms with E-state index in [2.05, 4.69) is 15.2 Å². The highest BCUT2D eigenvalue weighted by Crippen LogP contribution is 2.22. The molecule has 0 bridgehead atoms. The summed E-state index contributed by atoms with van der Waals surface area (Å²) < 4.78 is 7.24. The summed E-state index contributed by atoms with van der Waals surface area (Å²) in [6.07, 6.45) is 2.26. The van der Waals surface area contributed by atoms with Crippen molar-refractivity contribution < 1.29 is 14.6 Å². The molecule has 0 spiro atoms. The Morgan fingerprint density at radius 1 is 1.36 bits per heavy atom. The fourth-order valence-electron chi connectivity index (χ4n) is 3.01. The van der Waals surface area contributed by atoms with E-state index in [9.17, 15) is 9.90 Å². The van der Waals surface area contributed by atoms with Crippen molar-refractivity contribution in [2.45, 2.75) is 39.8 Å². The fourth-order valence-corrected chi connectivity index (χ4v) is 3.01. The van der Waals surface area contributed by atoms with Gasteiger partial charge in [-0.3, -0.25) is 0 Å². The number of aliphatic hydroxyl groups excluding tert-OH is 1. The minimum Gasteiger partial charge on any atom is -0.393 e. The minimum absolute atomic E-state index is 0.162. The number of carbonyl (C=O) groups excluding carboxylic acids is 1. The van der Waals surface area contributed by atoms with Gasteiger partial charge in [0, 0.05) is 32.1 Å². The maximum absolute atomic E-state index is 12.2. The molecule has 6 nitrogen and oxygen atoms in total. The third-order valence-corrected chi connectivity index (χ3v) is 4.14. The lowest BCUT2D eigenvalue weighted by molar-refractivity contribution is 0.129. The first kappa shape index (κ1) is 19.3. The number of aromatic nitrogens is 1. The Morgan fingerprint density at radius 2 is 2.12 bits per heavy atom. The molecular formula is C19H29N3O3. The van der Waals surface area contributed by atoms with Crippen LogP contribution in [0, 0.1) is 5.41 Å². The van der Waals surface area contributed by atoms with Gasteiger partial charge in [-0.05, 0) is 42.3 Å². The summed E-state index contributed by atoms with van der Waals surface area (Å²) >= 11 is 0. The second-order valence-electron chi connectivity index (χ2n) is 7.30. The zero-order valence-electron chi connectivity index (χ0n) is 15.5. The van der Waals surface area contributed by atoms with E-state index in [1.165, 1.54) is 0 Å². The van der Waals surface area contributed by atoms with Gasteiger partial charge in [-0.1, -0.05) is 19.9 Å². The molecule has 138 valence electrons. The van der Waals surface area contributed by atoms with E-state index in [1.807, 2.05) is 44.3 Å². The topological polar surface area (TPSA) is 75.5 Å². The number of hydrogen-bond donors (Lipinski definition) is 3. The second-order valence-corrected chi connectivity index (χ2v) is 7.30. The van der Waals surface area contributed by atoms with E-state index in [1.54, 1.807) is 14.0 Å². The number of nitrogens with zero attached hydrogens (tertiary/aromatic N) is 1. The lowest BCUT2D eigenvalue weighted by Crippen LogP contribution is -2.38. The van der Waals surface area contributed by atoms with Crippen LogP contribution in [-0.4, -0.2) is 42.1 Å². The molecule has 0 aliphatic rings. The van der Waals surface area contributed by atoms with Gasteiger partial charge in [0.15, 0.2) is 0 Å². The number of aliphatic hydroxyl groups is 1. The third kappa shape index (κ3) is 5.76. The van der Waals surface area contributed by atoms with E-state index < -0.39 is 0 Å². The summed E-state index contributed by atoms with van der Waals surface area (Å²) in [5.74, 6) is 0. The molecule has 1 unspecified atom stereocenters. The highest BCUT2D eigenvalue weighted by molar-refractivity contribution is 5.92. The molecule has 0 saturated carbocycles. The normalized spacial score (nSPS) is 13.0. The zero-order valence-corrected chi connectivity index (χ0v) is 15.5. The summed E-state index contributed by atoms with van der Waals surface area (Å²) in [5, 5.41) is 16.4. The summed E-state index contributed by atoms with van der Waals surface area (Å²) in [5.41, 5.74) is 1.64. The van der Waals surface area contributed by atoms with Crippen LogP contribution in [0.3, 0.4) is 0 Å². The Kier molecular flexibility index (Phi) is 6.45. The van der Waals surface area contributed by atoms with Crippen LogP contribution in [0.5, 0.6) is 0 Å². The van der Waals surface area contributed by atoms with Gasteiger partial charge < -0.3 is 25.0 Å². The van der Waals surface area contributed by atoms with E-state index in [0.29, 0.717) is 19.6 Å². The number of rotatable bonds is 8. The molecule has 0 saturated heterocycles. The predicted molar refractivity (Wildman–Crippen MR) is 101 cm³/mol. The van der Waals surface area contributed by atoms with Crippen LogP contribution in [0.25, 0.3) is 10.9 Å². The molecule has 1 atom stereocenters. The van der Waals surface area contributed by atoms with Gasteiger partial charge in [-0.2, -0.15) is 0 Å². The number of amides is 2. The Labute approximate surface area is 149 Å². The molecule has 0 fully saturated rings. The maximum atomic E-state index is 12.2. The lowest BCUT2D eigenvalue weighted by Gasteiger charge is -2.26. The van der Waals surface area contributed by atoms with Crippen molar-refractivity contribution in [2.24, 2.45) is 5.41 Å². The standard InChI is InChI=1S/C19H29N3O3/c1-14(23)12-19(2,3)13-20-18(24)21-16-6-5-15-7-8-22(9-10-25-4)17(15)11-16/h5-8,11,14,23H,9-10,12-13H2,1-4H3,(H2,20,21,24). The summed E-state index contributed by atoms with van der Waals surface area (Å²) in [6, 6.07) is 7.65. The molecule has 6 heteroatoms. The molecule has 0 aliphatic carbocycles. The van der Waals surface area contributed by atoms with Crippen LogP contribution >= 0.6 is 0 Å². The van der Waals surface area contributed by atoms with Gasteiger partial charge in [0.05, 0.1) is 18.2 Å². The van der Waals surface area contributed by atoms with Gasteiger partial charge in [0.1, 0.15) is 0 Å². The molecule has 2 aromatic rings. The first-order valence-electron chi connectivity index (χ1n) is 8.61. The molecule has 3 N–H and O–H groups in total. The first-order chi connectivity index (χ1) is 11.8. The fraction of sp³-hybridized carbons (Fsp3) is 0.526. The molecule has 1 aromatic carbocycles. The number of benzene rings is 1. The van der Waals surface area contributed by atoms with Crippen molar-refractivity contribution in [3.63, 3.8) is 0 Å². The van der Waals surface area contributed by atoms with Crippen LogP contribution in [0.1, 0.15) is 27.2 Å². The zero-order chi connectivity index (χ0) is 18.4. The average Bonchev–Trinajstić information content (AvgIpc) is 2.92. The van der Waals surface area contributed by atoms with Crippen molar-refractivity contribution >= 4 is 22.6 Å². The van der Waals surface area contributed by atoms with E-state index >= 15 is 0 Å². The quantitative estimate of drug-likeness (QED) is 0.686. The number of anilines is 1. The summed E-state index contributed by atoms with van der Waals surface area (Å²) in [4.78, 5) is 12.2. The van der Waals surface area contributed by atoms with Gasteiger partial charge in [-0.25, -0.2) is 4.79 Å². The number of carbonyl (C=O) groups is 1. The number of fused-ring (bicyclic) bond motifs is 1. The molecule has 0 aliphatic heterocycles. The monoisotopic (exact) mass is 347 g/mol. The minimum atomic E-state index is -0.387. The highest BCUT2D eigenvalue weighted by atomic mass is 16.5. The molecule has 1 heterocycles. The second kappa shape index (κ2) is 8.36. The Balaban J connectivity index is 1.98. The van der Waals surface area contributed by atoms with E-state index in [0.717, 1.165) is 23.1 Å². The van der Waals surface area contributed by atoms with Crippen LogP contribution in [0.2, 0.25) is 0 Å². The molecule has 25 heavy (non-hydrogen) atoms. The highest BCUT2D eigenvalue weighted by Gasteiger charge is 2.21. The number of methoxy groups -OCH3 is 1.